The first-order valence-corrected chi connectivity index (χ1v) is 3.91. The topological polar surface area (TPSA) is 26.3 Å². The molecule has 1 fully saturated rings. The Hall–Kier alpha value is 0.270. The maximum atomic E-state index is 10.6. The van der Waals surface area contributed by atoms with Gasteiger partial charge in [0, 0.05) is 5.75 Å². The van der Waals surface area contributed by atoms with Gasteiger partial charge in [-0.2, -0.15) is 0 Å². The van der Waals surface area contributed by atoms with Crippen LogP contribution in [0.4, 0.5) is 0 Å². The summed E-state index contributed by atoms with van der Waals surface area (Å²) in [7, 11) is 0. The van der Waals surface area contributed by atoms with E-state index >= 15 is 0 Å². The van der Waals surface area contributed by atoms with Crippen LogP contribution in [0.2, 0.25) is 0 Å². The van der Waals surface area contributed by atoms with Gasteiger partial charge in [0.1, 0.15) is 0 Å². The van der Waals surface area contributed by atoms with Crippen molar-refractivity contribution in [1.29, 1.82) is 0 Å². The minimum absolute atomic E-state index is 0.727. The molecule has 0 amide bonds. The fourth-order valence-electron chi connectivity index (χ4n) is 0.751. The van der Waals surface area contributed by atoms with Crippen molar-refractivity contribution < 1.29 is 0 Å². The number of rotatable bonds is 0. The lowest BCUT2D eigenvalue weighted by Crippen LogP contribution is -2.05. The molecule has 0 bridgehead atoms. The van der Waals surface area contributed by atoms with Crippen molar-refractivity contribution in [2.24, 2.45) is 0 Å². The standard InChI is InChI=1S/C5H10NOS/c7-6-4-2-1-3-5-8-6/h1-5H2/q-1. The Morgan fingerprint density at radius 2 is 2.12 bits per heavy atom. The zero-order valence-electron chi connectivity index (χ0n) is 4.80. The van der Waals surface area contributed by atoms with Gasteiger partial charge in [-0.15, -0.1) is 0 Å². The Balaban J connectivity index is 2.17. The van der Waals surface area contributed by atoms with E-state index in [0.717, 1.165) is 23.2 Å². The van der Waals surface area contributed by atoms with E-state index in [1.165, 1.54) is 24.8 Å². The molecule has 1 aliphatic rings. The average Bonchev–Trinajstić information content (AvgIpc) is 1.94. The van der Waals surface area contributed by atoms with Crippen molar-refractivity contribution in [3.8, 4) is 0 Å². The van der Waals surface area contributed by atoms with Crippen molar-refractivity contribution >= 4 is 11.9 Å². The van der Waals surface area contributed by atoms with Crippen LogP contribution in [0.3, 0.4) is 0 Å². The van der Waals surface area contributed by atoms with Crippen LogP contribution in [-0.2, 0) is 0 Å². The molecule has 1 heterocycles. The van der Waals surface area contributed by atoms with E-state index < -0.39 is 0 Å². The highest BCUT2D eigenvalue weighted by molar-refractivity contribution is 7.97. The third-order valence-electron chi connectivity index (χ3n) is 1.22. The molecule has 1 aliphatic heterocycles. The fraction of sp³-hybridized carbons (Fsp3) is 1.00. The van der Waals surface area contributed by atoms with E-state index in [-0.39, 0.29) is 0 Å². The summed E-state index contributed by atoms with van der Waals surface area (Å²) in [6, 6.07) is 0. The molecule has 0 N–H and O–H groups in total. The highest BCUT2D eigenvalue weighted by Crippen LogP contribution is 2.16. The highest BCUT2D eigenvalue weighted by atomic mass is 32.2. The van der Waals surface area contributed by atoms with E-state index in [9.17, 15) is 5.21 Å². The van der Waals surface area contributed by atoms with Crippen LogP contribution in [-0.4, -0.2) is 16.8 Å². The monoisotopic (exact) mass is 132 g/mol. The lowest BCUT2D eigenvalue weighted by Gasteiger charge is -2.23. The summed E-state index contributed by atoms with van der Waals surface area (Å²) in [5.74, 6) is 1.02. The van der Waals surface area contributed by atoms with Crippen LogP contribution >= 0.6 is 11.9 Å². The minimum atomic E-state index is 0.727. The summed E-state index contributed by atoms with van der Waals surface area (Å²) in [6.07, 6.45) is 3.52. The molecule has 0 aliphatic carbocycles. The molecule has 3 heteroatoms. The van der Waals surface area contributed by atoms with Gasteiger partial charge in [0.05, 0.1) is 0 Å². The van der Waals surface area contributed by atoms with Crippen LogP contribution in [0.25, 0.3) is 0 Å². The predicted octanol–water partition coefficient (Wildman–Crippen LogP) is 1.62. The Morgan fingerprint density at radius 1 is 1.25 bits per heavy atom. The summed E-state index contributed by atoms with van der Waals surface area (Å²) in [5.41, 5.74) is 0. The zero-order valence-corrected chi connectivity index (χ0v) is 5.62. The molecule has 0 atom stereocenters. The quantitative estimate of drug-likeness (QED) is 0.468. The summed E-state index contributed by atoms with van der Waals surface area (Å²) in [5, 5.41) is 10.6. The largest absolute Gasteiger partial charge is 0.776 e. The van der Waals surface area contributed by atoms with Gasteiger partial charge >= 0.3 is 0 Å². The zero-order chi connectivity index (χ0) is 5.82. The highest BCUT2D eigenvalue weighted by Gasteiger charge is 1.98. The first-order chi connectivity index (χ1) is 3.89. The van der Waals surface area contributed by atoms with Crippen molar-refractivity contribution in [1.82, 2.24) is 4.47 Å². The van der Waals surface area contributed by atoms with Gasteiger partial charge in [0.15, 0.2) is 0 Å². The summed E-state index contributed by atoms with van der Waals surface area (Å²) >= 11 is 1.42. The Kier molecular flexibility index (Phi) is 2.66. The second-order valence-corrected chi connectivity index (χ2v) is 3.02. The maximum absolute atomic E-state index is 10.6. The molecule has 2 nitrogen and oxygen atoms in total. The molecule has 0 unspecified atom stereocenters. The Bertz CT molecular complexity index is 61.4. The third kappa shape index (κ3) is 2.03. The van der Waals surface area contributed by atoms with E-state index in [0.29, 0.717) is 0 Å². The van der Waals surface area contributed by atoms with Gasteiger partial charge < -0.3 is 9.68 Å². The van der Waals surface area contributed by atoms with Gasteiger partial charge in [-0.1, -0.05) is 18.4 Å². The SMILES string of the molecule is [O-]N1CCCCCS1. The molecule has 0 aromatic carbocycles. The summed E-state index contributed by atoms with van der Waals surface area (Å²) in [4.78, 5) is 0. The van der Waals surface area contributed by atoms with Crippen molar-refractivity contribution in [3.63, 3.8) is 0 Å². The molecule has 0 aromatic rings. The maximum Gasteiger partial charge on any atom is 0.00717 e. The van der Waals surface area contributed by atoms with Crippen molar-refractivity contribution in [2.45, 2.75) is 19.3 Å². The molecular formula is C5H10NOS-. The molecule has 8 heavy (non-hydrogen) atoms. The minimum Gasteiger partial charge on any atom is -0.776 e. The van der Waals surface area contributed by atoms with Crippen LogP contribution in [0.15, 0.2) is 0 Å². The predicted molar refractivity (Wildman–Crippen MR) is 36.4 cm³/mol. The number of nitrogens with zero attached hydrogens (tertiary/aromatic N) is 1. The first-order valence-electron chi connectivity index (χ1n) is 2.97. The van der Waals surface area contributed by atoms with Gasteiger partial charge in [-0.3, -0.25) is 0 Å². The van der Waals surface area contributed by atoms with Gasteiger partial charge in [0.2, 0.25) is 0 Å². The molecule has 1 rings (SSSR count). The van der Waals surface area contributed by atoms with Crippen molar-refractivity contribution in [2.75, 3.05) is 12.3 Å². The number of hydrogen-bond acceptors (Lipinski definition) is 3. The van der Waals surface area contributed by atoms with Crippen LogP contribution in [0.1, 0.15) is 19.3 Å². The van der Waals surface area contributed by atoms with Gasteiger partial charge in [-0.25, -0.2) is 0 Å². The second-order valence-electron chi connectivity index (χ2n) is 1.95. The summed E-state index contributed by atoms with van der Waals surface area (Å²) < 4.78 is 1.09. The Labute approximate surface area is 54.0 Å². The Morgan fingerprint density at radius 3 is 3.00 bits per heavy atom. The average molecular weight is 132 g/mol. The molecule has 0 spiro atoms. The molecular weight excluding hydrogens is 122 g/mol. The van der Waals surface area contributed by atoms with Gasteiger partial charge in [-0.05, 0) is 19.4 Å². The second kappa shape index (κ2) is 3.33. The molecule has 1 saturated heterocycles. The molecule has 0 radical (unpaired) electrons. The number of hydroxylamine groups is 1. The van der Waals surface area contributed by atoms with E-state index in [1.54, 1.807) is 0 Å². The molecule has 48 valence electrons. The molecule has 0 saturated carbocycles. The molecule has 0 aromatic heterocycles. The number of hydrogen-bond donors (Lipinski definition) is 0. The summed E-state index contributed by atoms with van der Waals surface area (Å²) in [6.45, 7) is 0.727. The fourth-order valence-corrected chi connectivity index (χ4v) is 1.55. The van der Waals surface area contributed by atoms with Crippen LogP contribution in [0.5, 0.6) is 0 Å². The first kappa shape index (κ1) is 6.39. The normalized spacial score (nSPS) is 25.1. The van der Waals surface area contributed by atoms with Crippen LogP contribution < -0.4 is 0 Å². The van der Waals surface area contributed by atoms with E-state index in [1.807, 2.05) is 0 Å². The van der Waals surface area contributed by atoms with Crippen molar-refractivity contribution in [3.05, 3.63) is 5.21 Å². The van der Waals surface area contributed by atoms with E-state index in [4.69, 9.17) is 0 Å². The smallest absolute Gasteiger partial charge is 0.00717 e. The third-order valence-corrected chi connectivity index (χ3v) is 2.16. The van der Waals surface area contributed by atoms with Gasteiger partial charge in [0.25, 0.3) is 0 Å². The van der Waals surface area contributed by atoms with E-state index in [2.05, 4.69) is 0 Å². The lowest BCUT2D eigenvalue weighted by atomic mass is 10.3. The van der Waals surface area contributed by atoms with Crippen LogP contribution in [0, 0.1) is 5.21 Å². The lowest BCUT2D eigenvalue weighted by molar-refractivity contribution is 0.584.